The maximum absolute atomic E-state index is 12.9. The lowest BCUT2D eigenvalue weighted by atomic mass is 9.93. The first-order valence-electron chi connectivity index (χ1n) is 8.90. The fraction of sp³-hybridized carbons (Fsp3) is 0.474. The molecule has 1 amide bonds. The molecule has 1 atom stereocenters. The molecule has 0 aliphatic carbocycles. The van der Waals surface area contributed by atoms with Crippen LogP contribution in [0.3, 0.4) is 0 Å². The SMILES string of the molecule is C[C@@H](C(=O)Nc1ccc(F)cc1)N1CCC(CCn2cccn2)CC1. The third-order valence-corrected chi connectivity index (χ3v) is 5.01. The fourth-order valence-electron chi connectivity index (χ4n) is 3.32. The average molecular weight is 344 g/mol. The van der Waals surface area contributed by atoms with Crippen LogP contribution in [-0.4, -0.2) is 39.7 Å². The van der Waals surface area contributed by atoms with E-state index >= 15 is 0 Å². The summed E-state index contributed by atoms with van der Waals surface area (Å²) in [5.41, 5.74) is 0.632. The van der Waals surface area contributed by atoms with Crippen molar-refractivity contribution in [1.29, 1.82) is 0 Å². The summed E-state index contributed by atoms with van der Waals surface area (Å²) in [5.74, 6) is 0.345. The summed E-state index contributed by atoms with van der Waals surface area (Å²) in [5, 5.41) is 7.10. The van der Waals surface area contributed by atoms with E-state index in [1.54, 1.807) is 12.1 Å². The summed E-state index contributed by atoms with van der Waals surface area (Å²) in [6, 6.07) is 7.64. The Morgan fingerprint density at radius 2 is 2.04 bits per heavy atom. The number of piperidine rings is 1. The van der Waals surface area contributed by atoms with Crippen LogP contribution in [0, 0.1) is 11.7 Å². The second kappa shape index (κ2) is 8.25. The number of carbonyl (C=O) groups excluding carboxylic acids is 1. The van der Waals surface area contributed by atoms with Crippen LogP contribution in [0.25, 0.3) is 0 Å². The quantitative estimate of drug-likeness (QED) is 0.876. The lowest BCUT2D eigenvalue weighted by Crippen LogP contribution is -2.46. The summed E-state index contributed by atoms with van der Waals surface area (Å²) in [4.78, 5) is 14.6. The number of halogens is 1. The number of anilines is 1. The van der Waals surface area contributed by atoms with Gasteiger partial charge in [-0.2, -0.15) is 5.10 Å². The molecule has 6 heteroatoms. The molecule has 5 nitrogen and oxygen atoms in total. The van der Waals surface area contributed by atoms with Crippen LogP contribution >= 0.6 is 0 Å². The van der Waals surface area contributed by atoms with E-state index in [1.165, 1.54) is 12.1 Å². The Balaban J connectivity index is 1.43. The van der Waals surface area contributed by atoms with Crippen molar-refractivity contribution in [1.82, 2.24) is 14.7 Å². The molecule has 1 aliphatic heterocycles. The molecule has 0 bridgehead atoms. The number of hydrogen-bond donors (Lipinski definition) is 1. The molecule has 0 spiro atoms. The Morgan fingerprint density at radius 3 is 2.68 bits per heavy atom. The molecule has 2 aromatic rings. The maximum atomic E-state index is 12.9. The molecule has 1 N–H and O–H groups in total. The van der Waals surface area contributed by atoms with Crippen LogP contribution in [0.15, 0.2) is 42.7 Å². The Bertz CT molecular complexity index is 663. The highest BCUT2D eigenvalue weighted by Crippen LogP contribution is 2.23. The van der Waals surface area contributed by atoms with Gasteiger partial charge in [-0.25, -0.2) is 4.39 Å². The number of likely N-dealkylation sites (tertiary alicyclic amines) is 1. The molecule has 0 saturated carbocycles. The predicted molar refractivity (Wildman–Crippen MR) is 95.6 cm³/mol. The smallest absolute Gasteiger partial charge is 0.241 e. The molecular formula is C19H25FN4O. The molecule has 1 aromatic carbocycles. The Labute approximate surface area is 147 Å². The number of hydrogen-bond acceptors (Lipinski definition) is 3. The zero-order valence-corrected chi connectivity index (χ0v) is 14.6. The molecular weight excluding hydrogens is 319 g/mol. The van der Waals surface area contributed by atoms with E-state index in [4.69, 9.17) is 0 Å². The van der Waals surface area contributed by atoms with E-state index in [1.807, 2.05) is 30.1 Å². The largest absolute Gasteiger partial charge is 0.325 e. The van der Waals surface area contributed by atoms with Gasteiger partial charge in [0, 0.05) is 24.6 Å². The van der Waals surface area contributed by atoms with Crippen LogP contribution in [0.1, 0.15) is 26.2 Å². The Kier molecular flexibility index (Phi) is 5.81. The molecule has 0 unspecified atom stereocenters. The molecule has 1 aliphatic rings. The third kappa shape index (κ3) is 4.89. The summed E-state index contributed by atoms with van der Waals surface area (Å²) < 4.78 is 14.9. The highest BCUT2D eigenvalue weighted by molar-refractivity contribution is 5.94. The first-order chi connectivity index (χ1) is 12.1. The highest BCUT2D eigenvalue weighted by Gasteiger charge is 2.26. The normalized spacial score (nSPS) is 17.4. The molecule has 0 radical (unpaired) electrons. The topological polar surface area (TPSA) is 50.2 Å². The van der Waals surface area contributed by atoms with Gasteiger partial charge in [-0.15, -0.1) is 0 Å². The first-order valence-corrected chi connectivity index (χ1v) is 8.90. The van der Waals surface area contributed by atoms with Gasteiger partial charge < -0.3 is 5.32 Å². The molecule has 1 saturated heterocycles. The number of nitrogens with zero attached hydrogens (tertiary/aromatic N) is 3. The van der Waals surface area contributed by atoms with E-state index < -0.39 is 0 Å². The minimum Gasteiger partial charge on any atom is -0.325 e. The van der Waals surface area contributed by atoms with Crippen LogP contribution in [0.5, 0.6) is 0 Å². The van der Waals surface area contributed by atoms with Gasteiger partial charge in [0.05, 0.1) is 6.04 Å². The first kappa shape index (κ1) is 17.6. The van der Waals surface area contributed by atoms with E-state index in [2.05, 4.69) is 15.3 Å². The van der Waals surface area contributed by atoms with Gasteiger partial charge in [-0.05, 0) is 75.5 Å². The lowest BCUT2D eigenvalue weighted by molar-refractivity contribution is -0.121. The number of aromatic nitrogens is 2. The predicted octanol–water partition coefficient (Wildman–Crippen LogP) is 3.15. The molecule has 25 heavy (non-hydrogen) atoms. The number of carbonyl (C=O) groups is 1. The Morgan fingerprint density at radius 1 is 1.32 bits per heavy atom. The molecule has 134 valence electrons. The minimum atomic E-state index is -0.303. The van der Waals surface area contributed by atoms with Crippen LogP contribution in [0.2, 0.25) is 0 Å². The standard InChI is InChI=1S/C19H25FN4O/c1-15(19(25)22-18-5-3-17(20)4-6-18)23-12-7-16(8-13-23)9-14-24-11-2-10-21-24/h2-6,10-11,15-16H,7-9,12-14H2,1H3,(H,22,25)/t15-/m0/s1. The number of amides is 1. The molecule has 3 rings (SSSR count). The van der Waals surface area contributed by atoms with Crippen LogP contribution in [-0.2, 0) is 11.3 Å². The molecule has 1 fully saturated rings. The van der Waals surface area contributed by atoms with Gasteiger partial charge >= 0.3 is 0 Å². The van der Waals surface area contributed by atoms with E-state index in [-0.39, 0.29) is 17.8 Å². The van der Waals surface area contributed by atoms with Crippen LogP contribution < -0.4 is 5.32 Å². The second-order valence-electron chi connectivity index (χ2n) is 6.71. The van der Waals surface area contributed by atoms with E-state index in [0.717, 1.165) is 38.9 Å². The van der Waals surface area contributed by atoms with Gasteiger partial charge in [0.1, 0.15) is 5.82 Å². The number of benzene rings is 1. The van der Waals surface area contributed by atoms with Crippen molar-refractivity contribution in [3.8, 4) is 0 Å². The van der Waals surface area contributed by atoms with Gasteiger partial charge in [-0.1, -0.05) is 0 Å². The summed E-state index contributed by atoms with van der Waals surface area (Å²) in [6.45, 7) is 4.75. The summed E-state index contributed by atoms with van der Waals surface area (Å²) in [6.07, 6.45) is 7.15. The van der Waals surface area contributed by atoms with Crippen molar-refractivity contribution in [2.45, 2.75) is 38.8 Å². The van der Waals surface area contributed by atoms with Gasteiger partial charge in [0.2, 0.25) is 5.91 Å². The maximum Gasteiger partial charge on any atom is 0.241 e. The third-order valence-electron chi connectivity index (χ3n) is 5.01. The van der Waals surface area contributed by atoms with Gasteiger partial charge in [-0.3, -0.25) is 14.4 Å². The van der Waals surface area contributed by atoms with Crippen molar-refractivity contribution in [3.63, 3.8) is 0 Å². The van der Waals surface area contributed by atoms with Gasteiger partial charge in [0.15, 0.2) is 0 Å². The molecule has 1 aromatic heterocycles. The molecule has 2 heterocycles. The van der Waals surface area contributed by atoms with E-state index in [9.17, 15) is 9.18 Å². The van der Waals surface area contributed by atoms with Crippen molar-refractivity contribution >= 4 is 11.6 Å². The zero-order chi connectivity index (χ0) is 17.6. The Hall–Kier alpha value is -2.21. The monoisotopic (exact) mass is 344 g/mol. The number of nitrogens with one attached hydrogen (secondary N) is 1. The lowest BCUT2D eigenvalue weighted by Gasteiger charge is -2.35. The fourth-order valence-corrected chi connectivity index (χ4v) is 3.32. The number of aryl methyl sites for hydroxylation is 1. The van der Waals surface area contributed by atoms with Crippen LogP contribution in [0.4, 0.5) is 10.1 Å². The minimum absolute atomic E-state index is 0.0402. The van der Waals surface area contributed by atoms with Gasteiger partial charge in [0.25, 0.3) is 0 Å². The van der Waals surface area contributed by atoms with Crippen molar-refractivity contribution < 1.29 is 9.18 Å². The average Bonchev–Trinajstić information content (AvgIpc) is 3.15. The van der Waals surface area contributed by atoms with E-state index in [0.29, 0.717) is 11.6 Å². The summed E-state index contributed by atoms with van der Waals surface area (Å²) in [7, 11) is 0. The van der Waals surface area contributed by atoms with Crippen molar-refractivity contribution in [3.05, 3.63) is 48.5 Å². The van der Waals surface area contributed by atoms with Crippen molar-refractivity contribution in [2.24, 2.45) is 5.92 Å². The highest BCUT2D eigenvalue weighted by atomic mass is 19.1. The summed E-state index contributed by atoms with van der Waals surface area (Å²) >= 11 is 0. The van der Waals surface area contributed by atoms with Crippen molar-refractivity contribution in [2.75, 3.05) is 18.4 Å². The zero-order valence-electron chi connectivity index (χ0n) is 14.6. The second-order valence-corrected chi connectivity index (χ2v) is 6.71. The number of rotatable bonds is 6.